The molecule has 0 bridgehead atoms. The van der Waals surface area contributed by atoms with Gasteiger partial charge in [-0.25, -0.2) is 12.8 Å². The Morgan fingerprint density at radius 3 is 2.19 bits per heavy atom. The Morgan fingerprint density at radius 2 is 1.62 bits per heavy atom. The molecular formula is C31H38FN3O6S. The monoisotopic (exact) mass is 599 g/mol. The van der Waals surface area contributed by atoms with Gasteiger partial charge in [-0.05, 0) is 101 Å². The van der Waals surface area contributed by atoms with Crippen LogP contribution in [-0.4, -0.2) is 57.0 Å². The van der Waals surface area contributed by atoms with Gasteiger partial charge in [0.2, 0.25) is 11.8 Å². The topological polar surface area (TPSA) is 105 Å². The van der Waals surface area contributed by atoms with Crippen LogP contribution in [0.25, 0.3) is 0 Å². The number of halogens is 1. The first-order chi connectivity index (χ1) is 19.7. The summed E-state index contributed by atoms with van der Waals surface area (Å²) in [5.41, 5.74) is 0.326. The van der Waals surface area contributed by atoms with Crippen LogP contribution in [0.3, 0.4) is 0 Å². The lowest BCUT2D eigenvalue weighted by Crippen LogP contribution is -2.54. The van der Waals surface area contributed by atoms with Gasteiger partial charge in [-0.1, -0.05) is 12.1 Å². The summed E-state index contributed by atoms with van der Waals surface area (Å²) in [6.07, 6.45) is 0. The van der Waals surface area contributed by atoms with Crippen LogP contribution in [0.1, 0.15) is 40.2 Å². The van der Waals surface area contributed by atoms with Crippen molar-refractivity contribution in [3.63, 3.8) is 0 Å². The normalized spacial score (nSPS) is 12.3. The molecule has 0 saturated carbocycles. The van der Waals surface area contributed by atoms with Crippen molar-refractivity contribution in [3.8, 4) is 11.5 Å². The molecule has 9 nitrogen and oxygen atoms in total. The summed E-state index contributed by atoms with van der Waals surface area (Å²) in [5, 5.41) is 2.89. The van der Waals surface area contributed by atoms with Crippen molar-refractivity contribution >= 4 is 27.5 Å². The molecule has 0 fully saturated rings. The Balaban J connectivity index is 2.05. The van der Waals surface area contributed by atoms with Crippen LogP contribution >= 0.6 is 0 Å². The van der Waals surface area contributed by atoms with Crippen molar-refractivity contribution in [1.82, 2.24) is 10.2 Å². The fraction of sp³-hybridized carbons (Fsp3) is 0.355. The number of hydrogen-bond acceptors (Lipinski definition) is 6. The van der Waals surface area contributed by atoms with Crippen molar-refractivity contribution in [2.75, 3.05) is 24.6 Å². The molecule has 1 unspecified atom stereocenters. The van der Waals surface area contributed by atoms with Gasteiger partial charge in [-0.15, -0.1) is 0 Å². The molecule has 0 aliphatic heterocycles. The Kier molecular flexibility index (Phi) is 10.6. The number of benzene rings is 3. The predicted octanol–water partition coefficient (Wildman–Crippen LogP) is 4.76. The number of carbonyl (C=O) groups is 2. The lowest BCUT2D eigenvalue weighted by molar-refractivity contribution is -0.140. The second-order valence-corrected chi connectivity index (χ2v) is 12.5. The third kappa shape index (κ3) is 8.45. The molecule has 226 valence electrons. The van der Waals surface area contributed by atoms with E-state index in [9.17, 15) is 22.4 Å². The van der Waals surface area contributed by atoms with Crippen molar-refractivity contribution in [2.24, 2.45) is 0 Å². The zero-order valence-corrected chi connectivity index (χ0v) is 25.6. The van der Waals surface area contributed by atoms with Gasteiger partial charge in [0.25, 0.3) is 10.0 Å². The number of rotatable bonds is 12. The van der Waals surface area contributed by atoms with Crippen LogP contribution in [0, 0.1) is 5.82 Å². The Bertz CT molecular complexity index is 1470. The van der Waals surface area contributed by atoms with Crippen LogP contribution in [0.15, 0.2) is 77.7 Å². The number of ether oxygens (including phenoxy) is 2. The third-order valence-corrected chi connectivity index (χ3v) is 8.06. The van der Waals surface area contributed by atoms with E-state index in [0.717, 1.165) is 28.6 Å². The van der Waals surface area contributed by atoms with Crippen molar-refractivity contribution in [1.29, 1.82) is 0 Å². The summed E-state index contributed by atoms with van der Waals surface area (Å²) >= 11 is 0. The third-order valence-electron chi connectivity index (χ3n) is 6.27. The number of hydrogen-bond donors (Lipinski definition) is 1. The Hall–Kier alpha value is -4.12. The van der Waals surface area contributed by atoms with Gasteiger partial charge < -0.3 is 19.7 Å². The first-order valence-corrected chi connectivity index (χ1v) is 14.9. The highest BCUT2D eigenvalue weighted by atomic mass is 32.2. The maximum Gasteiger partial charge on any atom is 0.264 e. The molecule has 0 radical (unpaired) electrons. The number of sulfonamides is 1. The predicted molar refractivity (Wildman–Crippen MR) is 159 cm³/mol. The minimum absolute atomic E-state index is 0.0163. The van der Waals surface area contributed by atoms with Gasteiger partial charge in [-0.3, -0.25) is 13.9 Å². The molecular weight excluding hydrogens is 561 g/mol. The molecule has 0 aliphatic carbocycles. The van der Waals surface area contributed by atoms with E-state index in [1.807, 2.05) is 27.7 Å². The molecule has 0 aliphatic rings. The average Bonchev–Trinajstić information content (AvgIpc) is 2.94. The van der Waals surface area contributed by atoms with Crippen molar-refractivity contribution < 1.29 is 31.9 Å². The van der Waals surface area contributed by atoms with Crippen LogP contribution in [0.4, 0.5) is 10.1 Å². The van der Waals surface area contributed by atoms with Gasteiger partial charge in [0.05, 0.1) is 24.3 Å². The number of nitrogens with one attached hydrogen (secondary N) is 1. The molecule has 0 spiro atoms. The number of carbonyl (C=O) groups excluding carboxylic acids is 2. The quantitative estimate of drug-likeness (QED) is 0.322. The average molecular weight is 600 g/mol. The number of nitrogens with zero attached hydrogens (tertiary/aromatic N) is 2. The smallest absolute Gasteiger partial charge is 0.264 e. The lowest BCUT2D eigenvalue weighted by Gasteiger charge is -2.33. The summed E-state index contributed by atoms with van der Waals surface area (Å²) in [5.74, 6) is -0.511. The van der Waals surface area contributed by atoms with Gasteiger partial charge >= 0.3 is 0 Å². The largest absolute Gasteiger partial charge is 0.497 e. The summed E-state index contributed by atoms with van der Waals surface area (Å²) in [7, 11) is -2.80. The summed E-state index contributed by atoms with van der Waals surface area (Å²) < 4.78 is 53.1. The SMILES string of the molecule is CCOc1ccc(N(CC(=O)N(Cc2cccc(OC)c2)C(C)C(=O)NC(C)(C)C)S(=O)(=O)c2ccc(F)cc2)cc1. The van der Waals surface area contributed by atoms with E-state index in [4.69, 9.17) is 9.47 Å². The van der Waals surface area contributed by atoms with Crippen molar-refractivity contribution in [2.45, 2.75) is 57.6 Å². The van der Waals surface area contributed by atoms with E-state index >= 15 is 0 Å². The van der Waals surface area contributed by atoms with E-state index in [2.05, 4.69) is 5.32 Å². The Labute approximate surface area is 247 Å². The molecule has 0 aromatic heterocycles. The second-order valence-electron chi connectivity index (χ2n) is 10.7. The van der Waals surface area contributed by atoms with Gasteiger partial charge in [0.15, 0.2) is 0 Å². The molecule has 3 aromatic rings. The molecule has 3 rings (SSSR count). The molecule has 1 atom stereocenters. The maximum absolute atomic E-state index is 14.0. The van der Waals surface area contributed by atoms with E-state index in [0.29, 0.717) is 23.7 Å². The minimum atomic E-state index is -4.33. The molecule has 11 heteroatoms. The summed E-state index contributed by atoms with van der Waals surface area (Å²) in [4.78, 5) is 28.4. The highest BCUT2D eigenvalue weighted by molar-refractivity contribution is 7.92. The van der Waals surface area contributed by atoms with E-state index in [1.54, 1.807) is 43.3 Å². The zero-order valence-electron chi connectivity index (χ0n) is 24.8. The standard InChI is InChI=1S/C31H38FN3O6S/c1-7-41-26-15-13-25(14-16-26)35(42(38,39)28-17-11-24(32)12-18-28)21-29(36)34(22(2)30(37)33-31(3,4)5)20-23-9-8-10-27(19-23)40-6/h8-19,22H,7,20-21H2,1-6H3,(H,33,37). The molecule has 0 heterocycles. The zero-order chi connectivity index (χ0) is 31.1. The van der Waals surface area contributed by atoms with E-state index in [1.165, 1.54) is 24.1 Å². The van der Waals surface area contributed by atoms with Gasteiger partial charge in [0, 0.05) is 12.1 Å². The number of anilines is 1. The van der Waals surface area contributed by atoms with E-state index in [-0.39, 0.29) is 17.1 Å². The van der Waals surface area contributed by atoms with E-state index < -0.39 is 45.8 Å². The first kappa shape index (κ1) is 32.4. The highest BCUT2D eigenvalue weighted by Crippen LogP contribution is 2.27. The summed E-state index contributed by atoms with van der Waals surface area (Å²) in [6.45, 7) is 8.72. The lowest BCUT2D eigenvalue weighted by atomic mass is 10.1. The number of methoxy groups -OCH3 is 1. The van der Waals surface area contributed by atoms with Crippen molar-refractivity contribution in [3.05, 3.63) is 84.2 Å². The minimum Gasteiger partial charge on any atom is -0.497 e. The van der Waals surface area contributed by atoms with Crippen LogP contribution in [0.2, 0.25) is 0 Å². The van der Waals surface area contributed by atoms with Gasteiger partial charge in [-0.2, -0.15) is 0 Å². The molecule has 1 N–H and O–H groups in total. The van der Waals surface area contributed by atoms with Gasteiger partial charge in [0.1, 0.15) is 29.9 Å². The molecule has 42 heavy (non-hydrogen) atoms. The molecule has 3 aromatic carbocycles. The van der Waals surface area contributed by atoms with Crippen LogP contribution < -0.4 is 19.1 Å². The first-order valence-electron chi connectivity index (χ1n) is 13.5. The molecule has 2 amide bonds. The fourth-order valence-electron chi connectivity index (χ4n) is 4.16. The Morgan fingerprint density at radius 1 is 0.976 bits per heavy atom. The highest BCUT2D eigenvalue weighted by Gasteiger charge is 2.33. The molecule has 0 saturated heterocycles. The maximum atomic E-state index is 14.0. The summed E-state index contributed by atoms with van der Waals surface area (Å²) in [6, 6.07) is 16.7. The number of amides is 2. The van der Waals surface area contributed by atoms with Crippen LogP contribution in [-0.2, 0) is 26.2 Å². The fourth-order valence-corrected chi connectivity index (χ4v) is 5.58. The second kappa shape index (κ2) is 13.7. The van der Waals surface area contributed by atoms with Crippen LogP contribution in [0.5, 0.6) is 11.5 Å².